The van der Waals surface area contributed by atoms with Crippen LogP contribution in [0, 0.1) is 10.1 Å². The van der Waals surface area contributed by atoms with Crippen LogP contribution in [0.1, 0.15) is 4.79 Å². The summed E-state index contributed by atoms with van der Waals surface area (Å²) >= 11 is 0. The number of imidazole rings is 1. The quantitative estimate of drug-likeness (QED) is 0.511. The number of hydrogen-bond donors (Lipinski definition) is 2. The summed E-state index contributed by atoms with van der Waals surface area (Å²) < 4.78 is 5.78. The summed E-state index contributed by atoms with van der Waals surface area (Å²) in [6.07, 6.45) is 1.25. The van der Waals surface area contributed by atoms with Gasteiger partial charge in [0.25, 0.3) is 11.5 Å². The molecule has 3 rings (SSSR count). The molecule has 0 saturated heterocycles. The predicted octanol–water partition coefficient (Wildman–Crippen LogP) is 0.329. The van der Waals surface area contributed by atoms with Gasteiger partial charge in [-0.3, -0.25) is 19.7 Å². The van der Waals surface area contributed by atoms with Gasteiger partial charge in [-0.05, 0) is 6.07 Å². The Morgan fingerprint density at radius 1 is 1.42 bits per heavy atom. The highest BCUT2D eigenvalue weighted by Gasteiger charge is 2.19. The minimum atomic E-state index is -0.820. The van der Waals surface area contributed by atoms with Crippen LogP contribution in [0.4, 0.5) is 11.6 Å². The zero-order valence-electron chi connectivity index (χ0n) is 12.0. The highest BCUT2D eigenvalue weighted by atomic mass is 16.6. The molecule has 0 aliphatic carbocycles. The minimum Gasteiger partial charge on any atom is -0.477 e. The number of nitro groups is 1. The fourth-order valence-electron chi connectivity index (χ4n) is 2.08. The molecular weight excluding hydrogens is 320 g/mol. The van der Waals surface area contributed by atoms with Crippen molar-refractivity contribution >= 4 is 28.7 Å². The van der Waals surface area contributed by atoms with Crippen molar-refractivity contribution in [3.8, 4) is 5.75 Å². The van der Waals surface area contributed by atoms with Crippen molar-refractivity contribution in [2.24, 2.45) is 0 Å². The Morgan fingerprint density at radius 2 is 2.17 bits per heavy atom. The lowest BCUT2D eigenvalue weighted by molar-refractivity contribution is -0.385. The van der Waals surface area contributed by atoms with E-state index in [-0.39, 0.29) is 28.5 Å². The zero-order valence-corrected chi connectivity index (χ0v) is 12.0. The molecule has 0 aliphatic heterocycles. The van der Waals surface area contributed by atoms with Crippen LogP contribution in [0.25, 0.3) is 11.2 Å². The third kappa shape index (κ3) is 2.54. The Bertz CT molecular complexity index is 1010. The van der Waals surface area contributed by atoms with Gasteiger partial charge in [0.15, 0.2) is 23.5 Å². The number of nitrogens with two attached hydrogens (primary N) is 1. The number of anilines is 1. The van der Waals surface area contributed by atoms with Crippen LogP contribution in [0.2, 0.25) is 0 Å². The Morgan fingerprint density at radius 3 is 2.92 bits per heavy atom. The molecule has 0 aliphatic rings. The van der Waals surface area contributed by atoms with Gasteiger partial charge in [0, 0.05) is 6.07 Å². The van der Waals surface area contributed by atoms with E-state index in [2.05, 4.69) is 15.0 Å². The lowest BCUT2D eigenvalue weighted by atomic mass is 10.3. The largest absolute Gasteiger partial charge is 0.477 e. The molecule has 0 fully saturated rings. The lowest BCUT2D eigenvalue weighted by Crippen LogP contribution is -2.33. The number of carbonyl (C=O) groups is 1. The third-order valence-corrected chi connectivity index (χ3v) is 3.15. The number of aromatic nitrogens is 4. The first kappa shape index (κ1) is 15.1. The van der Waals surface area contributed by atoms with E-state index in [1.165, 1.54) is 30.6 Å². The molecule has 0 amide bonds. The molecule has 0 spiro atoms. The van der Waals surface area contributed by atoms with Gasteiger partial charge in [-0.2, -0.15) is 4.98 Å². The van der Waals surface area contributed by atoms with Gasteiger partial charge in [-0.15, -0.1) is 0 Å². The number of hydrogen-bond acceptors (Lipinski definition) is 8. The number of aromatic amines is 1. The molecule has 0 radical (unpaired) electrons. The van der Waals surface area contributed by atoms with E-state index < -0.39 is 23.0 Å². The average Bonchev–Trinajstić information content (AvgIpc) is 3.01. The van der Waals surface area contributed by atoms with Gasteiger partial charge in [0.2, 0.25) is 5.95 Å². The normalized spacial score (nSPS) is 10.7. The SMILES string of the molecule is Nc1nc2nc[nH]c2c(=O)n1C(=O)COc1ccccc1[N+](=O)[O-]. The van der Waals surface area contributed by atoms with Crippen molar-refractivity contribution in [1.82, 2.24) is 19.5 Å². The maximum Gasteiger partial charge on any atom is 0.310 e. The Labute approximate surface area is 132 Å². The fraction of sp³-hybridized carbons (Fsp3) is 0.0769. The van der Waals surface area contributed by atoms with Crippen LogP contribution in [-0.4, -0.2) is 37.0 Å². The first-order valence-electron chi connectivity index (χ1n) is 6.60. The van der Waals surface area contributed by atoms with E-state index in [1.807, 2.05) is 0 Å². The van der Waals surface area contributed by atoms with Gasteiger partial charge < -0.3 is 15.5 Å². The molecule has 11 nitrogen and oxygen atoms in total. The standard InChI is InChI=1S/C13H10N6O5/c14-13-17-11-10(15-6-16-11)12(21)18(13)9(20)5-24-8-4-2-1-3-7(8)19(22)23/h1-4,6H,5H2,(H2,14,17)(H,15,16). The molecule has 2 heterocycles. The van der Waals surface area contributed by atoms with Gasteiger partial charge >= 0.3 is 5.69 Å². The summed E-state index contributed by atoms with van der Waals surface area (Å²) in [6.45, 7) is -0.629. The Hall–Kier alpha value is -3.76. The summed E-state index contributed by atoms with van der Waals surface area (Å²) in [7, 11) is 0. The second-order valence-corrected chi connectivity index (χ2v) is 4.62. The molecule has 0 saturated carbocycles. The summed E-state index contributed by atoms with van der Waals surface area (Å²) in [5.41, 5.74) is 4.68. The summed E-state index contributed by atoms with van der Waals surface area (Å²) in [5.74, 6) is -1.27. The third-order valence-electron chi connectivity index (χ3n) is 3.15. The van der Waals surface area contributed by atoms with Gasteiger partial charge in [0.1, 0.15) is 0 Å². The smallest absolute Gasteiger partial charge is 0.310 e. The average molecular weight is 330 g/mol. The number of nitrogens with zero attached hydrogens (tertiary/aromatic N) is 4. The molecule has 11 heteroatoms. The highest BCUT2D eigenvalue weighted by molar-refractivity contribution is 5.85. The first-order valence-corrected chi connectivity index (χ1v) is 6.60. The number of carbonyl (C=O) groups excluding carboxylic acids is 1. The highest BCUT2D eigenvalue weighted by Crippen LogP contribution is 2.25. The van der Waals surface area contributed by atoms with Gasteiger partial charge in [-0.1, -0.05) is 12.1 Å². The topological polar surface area (TPSA) is 159 Å². The van der Waals surface area contributed by atoms with Gasteiger partial charge in [-0.25, -0.2) is 9.55 Å². The van der Waals surface area contributed by atoms with Crippen molar-refractivity contribution in [3.05, 3.63) is 51.1 Å². The monoisotopic (exact) mass is 330 g/mol. The molecule has 3 aromatic rings. The van der Waals surface area contributed by atoms with E-state index in [9.17, 15) is 19.7 Å². The molecule has 2 aromatic heterocycles. The Balaban J connectivity index is 1.89. The van der Waals surface area contributed by atoms with E-state index >= 15 is 0 Å². The first-order chi connectivity index (χ1) is 11.5. The number of benzene rings is 1. The molecule has 24 heavy (non-hydrogen) atoms. The van der Waals surface area contributed by atoms with E-state index in [0.717, 1.165) is 0 Å². The number of para-hydroxylation sites is 2. The molecular formula is C13H10N6O5. The lowest BCUT2D eigenvalue weighted by Gasteiger charge is -2.09. The fourth-order valence-corrected chi connectivity index (χ4v) is 2.08. The number of fused-ring (bicyclic) bond motifs is 1. The van der Waals surface area contributed by atoms with Crippen LogP contribution in [0.3, 0.4) is 0 Å². The number of H-pyrrole nitrogens is 1. The van der Waals surface area contributed by atoms with Crippen LogP contribution in [0.15, 0.2) is 35.4 Å². The van der Waals surface area contributed by atoms with Crippen molar-refractivity contribution in [1.29, 1.82) is 0 Å². The molecule has 0 bridgehead atoms. The number of nitrogens with one attached hydrogen (secondary N) is 1. The van der Waals surface area contributed by atoms with Crippen LogP contribution < -0.4 is 16.0 Å². The summed E-state index contributed by atoms with van der Waals surface area (Å²) in [6, 6.07) is 5.56. The Kier molecular flexibility index (Phi) is 3.66. The molecule has 0 atom stereocenters. The van der Waals surface area contributed by atoms with Crippen LogP contribution >= 0.6 is 0 Å². The maximum absolute atomic E-state index is 12.2. The number of nitrogen functional groups attached to an aromatic ring is 1. The van der Waals surface area contributed by atoms with Crippen LogP contribution in [0.5, 0.6) is 5.75 Å². The molecule has 122 valence electrons. The van der Waals surface area contributed by atoms with Crippen LogP contribution in [-0.2, 0) is 0 Å². The second-order valence-electron chi connectivity index (χ2n) is 4.62. The van der Waals surface area contributed by atoms with Crippen molar-refractivity contribution in [3.63, 3.8) is 0 Å². The molecule has 3 N–H and O–H groups in total. The molecule has 1 aromatic carbocycles. The minimum absolute atomic E-state index is 0.0169. The van der Waals surface area contributed by atoms with Crippen molar-refractivity contribution < 1.29 is 14.5 Å². The number of nitro benzene ring substituents is 1. The van der Waals surface area contributed by atoms with E-state index in [1.54, 1.807) is 0 Å². The van der Waals surface area contributed by atoms with Gasteiger partial charge in [0.05, 0.1) is 11.3 Å². The second kappa shape index (κ2) is 5.79. The molecule has 0 unspecified atom stereocenters. The number of rotatable bonds is 4. The zero-order chi connectivity index (χ0) is 17.3. The maximum atomic E-state index is 12.2. The van der Waals surface area contributed by atoms with Crippen molar-refractivity contribution in [2.75, 3.05) is 12.3 Å². The summed E-state index contributed by atoms with van der Waals surface area (Å²) in [5, 5.41) is 10.9. The predicted molar refractivity (Wildman–Crippen MR) is 81.8 cm³/mol. The summed E-state index contributed by atoms with van der Waals surface area (Å²) in [4.78, 5) is 44.9. The van der Waals surface area contributed by atoms with Crippen molar-refractivity contribution in [2.45, 2.75) is 0 Å². The van der Waals surface area contributed by atoms with E-state index in [4.69, 9.17) is 10.5 Å². The van der Waals surface area contributed by atoms with E-state index in [0.29, 0.717) is 4.57 Å². The number of ether oxygens (including phenoxy) is 1.